The van der Waals surface area contributed by atoms with Crippen molar-refractivity contribution < 1.29 is 14.0 Å². The molecule has 2 amide bonds. The van der Waals surface area contributed by atoms with Crippen molar-refractivity contribution in [2.45, 2.75) is 24.9 Å². The molecule has 0 radical (unpaired) electrons. The summed E-state index contributed by atoms with van der Waals surface area (Å²) in [5.41, 5.74) is 3.26. The van der Waals surface area contributed by atoms with E-state index in [0.29, 0.717) is 23.4 Å². The highest BCUT2D eigenvalue weighted by molar-refractivity contribution is 7.97. The van der Waals surface area contributed by atoms with Gasteiger partial charge in [-0.3, -0.25) is 19.1 Å². The number of hydrogen-bond acceptors (Lipinski definition) is 5. The van der Waals surface area contributed by atoms with Crippen LogP contribution in [0.4, 0.5) is 4.39 Å². The van der Waals surface area contributed by atoms with Crippen LogP contribution in [0.5, 0.6) is 0 Å². The number of nitrogens with two attached hydrogens (primary N) is 1. The number of rotatable bonds is 7. The molecule has 2 heterocycles. The summed E-state index contributed by atoms with van der Waals surface area (Å²) in [4.78, 5) is 30.7. The summed E-state index contributed by atoms with van der Waals surface area (Å²) in [6.45, 7) is 2.26. The molecule has 0 spiro atoms. The highest BCUT2D eigenvalue weighted by Gasteiger charge is 2.15. The third kappa shape index (κ3) is 5.21. The predicted octanol–water partition coefficient (Wildman–Crippen LogP) is 3.61. The molecule has 0 aliphatic rings. The SMILES string of the molecule is Cc1cc(CNC(=O)c2cn3c(C(=O)NCc4ccc(SN)cc4)cccc3n2)ccc1F. The van der Waals surface area contributed by atoms with Gasteiger partial charge in [0.25, 0.3) is 11.8 Å². The van der Waals surface area contributed by atoms with Crippen LogP contribution in [-0.4, -0.2) is 21.2 Å². The van der Waals surface area contributed by atoms with Gasteiger partial charge in [0.1, 0.15) is 22.9 Å². The third-order valence-corrected chi connectivity index (χ3v) is 5.69. The Bertz CT molecular complexity index is 1320. The molecular formula is C24H22FN5O2S. The van der Waals surface area contributed by atoms with E-state index in [0.717, 1.165) is 28.0 Å². The average Bonchev–Trinajstić information content (AvgIpc) is 3.28. The fourth-order valence-corrected chi connectivity index (χ4v) is 3.65. The van der Waals surface area contributed by atoms with Crippen LogP contribution in [0.3, 0.4) is 0 Å². The number of imidazole rings is 1. The Balaban J connectivity index is 1.45. The molecule has 0 fully saturated rings. The first-order valence-corrected chi connectivity index (χ1v) is 11.1. The number of carbonyl (C=O) groups is 2. The van der Waals surface area contributed by atoms with Crippen LogP contribution in [0.15, 0.2) is 71.8 Å². The molecule has 0 saturated heterocycles. The van der Waals surface area contributed by atoms with Gasteiger partial charge in [-0.05, 0) is 65.9 Å². The Morgan fingerprint density at radius 3 is 2.42 bits per heavy atom. The van der Waals surface area contributed by atoms with E-state index in [1.165, 1.54) is 12.3 Å². The summed E-state index contributed by atoms with van der Waals surface area (Å²) in [5, 5.41) is 11.2. The summed E-state index contributed by atoms with van der Waals surface area (Å²) in [6.07, 6.45) is 1.53. The lowest BCUT2D eigenvalue weighted by Crippen LogP contribution is -2.25. The molecule has 0 atom stereocenters. The van der Waals surface area contributed by atoms with Crippen molar-refractivity contribution in [3.63, 3.8) is 0 Å². The zero-order chi connectivity index (χ0) is 23.4. The number of aryl methyl sites for hydroxylation is 1. The van der Waals surface area contributed by atoms with E-state index in [-0.39, 0.29) is 29.9 Å². The molecule has 4 N–H and O–H groups in total. The quantitative estimate of drug-likeness (QED) is 0.364. The first kappa shape index (κ1) is 22.5. The van der Waals surface area contributed by atoms with Gasteiger partial charge in [-0.2, -0.15) is 0 Å². The normalized spacial score (nSPS) is 10.9. The van der Waals surface area contributed by atoms with Gasteiger partial charge in [0, 0.05) is 24.2 Å². The van der Waals surface area contributed by atoms with Gasteiger partial charge in [-0.15, -0.1) is 0 Å². The Kier molecular flexibility index (Phi) is 6.71. The van der Waals surface area contributed by atoms with E-state index < -0.39 is 0 Å². The van der Waals surface area contributed by atoms with Gasteiger partial charge in [0.2, 0.25) is 0 Å². The van der Waals surface area contributed by atoms with Crippen LogP contribution in [0.1, 0.15) is 37.7 Å². The molecule has 0 bridgehead atoms. The minimum absolute atomic E-state index is 0.184. The first-order valence-electron chi connectivity index (χ1n) is 10.2. The Hall–Kier alpha value is -3.69. The topological polar surface area (TPSA) is 102 Å². The summed E-state index contributed by atoms with van der Waals surface area (Å²) in [7, 11) is 0. The number of halogens is 1. The van der Waals surface area contributed by atoms with Crippen LogP contribution in [-0.2, 0) is 13.1 Å². The minimum atomic E-state index is -0.384. The summed E-state index contributed by atoms with van der Waals surface area (Å²) >= 11 is 1.16. The smallest absolute Gasteiger partial charge is 0.271 e. The predicted molar refractivity (Wildman–Crippen MR) is 125 cm³/mol. The molecule has 9 heteroatoms. The lowest BCUT2D eigenvalue weighted by molar-refractivity contribution is 0.0935. The Morgan fingerprint density at radius 2 is 1.70 bits per heavy atom. The van der Waals surface area contributed by atoms with Crippen molar-refractivity contribution in [3.8, 4) is 0 Å². The van der Waals surface area contributed by atoms with Gasteiger partial charge >= 0.3 is 0 Å². The van der Waals surface area contributed by atoms with Crippen LogP contribution < -0.4 is 15.8 Å². The third-order valence-electron chi connectivity index (χ3n) is 5.15. The van der Waals surface area contributed by atoms with Crippen molar-refractivity contribution in [3.05, 3.63) is 101 Å². The molecule has 4 rings (SSSR count). The minimum Gasteiger partial charge on any atom is -0.347 e. The number of carbonyl (C=O) groups excluding carboxylic acids is 2. The molecule has 0 unspecified atom stereocenters. The van der Waals surface area contributed by atoms with Gasteiger partial charge in [-0.1, -0.05) is 30.3 Å². The molecule has 168 valence electrons. The Labute approximate surface area is 194 Å². The number of pyridine rings is 1. The molecule has 4 aromatic rings. The number of amides is 2. The second-order valence-electron chi connectivity index (χ2n) is 7.48. The molecule has 33 heavy (non-hydrogen) atoms. The van der Waals surface area contributed by atoms with Gasteiger partial charge < -0.3 is 10.6 Å². The van der Waals surface area contributed by atoms with Crippen LogP contribution in [0, 0.1) is 12.7 Å². The highest BCUT2D eigenvalue weighted by atomic mass is 32.2. The van der Waals surface area contributed by atoms with E-state index >= 15 is 0 Å². The maximum absolute atomic E-state index is 13.4. The molecule has 0 saturated carbocycles. The van der Waals surface area contributed by atoms with E-state index in [4.69, 9.17) is 5.14 Å². The number of aromatic nitrogens is 2. The fraction of sp³-hybridized carbons (Fsp3) is 0.125. The molecule has 0 aliphatic carbocycles. The van der Waals surface area contributed by atoms with Gasteiger partial charge in [-0.25, -0.2) is 9.37 Å². The van der Waals surface area contributed by atoms with Crippen molar-refractivity contribution in [1.29, 1.82) is 0 Å². The maximum atomic E-state index is 13.4. The van der Waals surface area contributed by atoms with Crippen molar-refractivity contribution >= 4 is 29.4 Å². The van der Waals surface area contributed by atoms with E-state index in [1.807, 2.05) is 24.3 Å². The Morgan fingerprint density at radius 1 is 1.00 bits per heavy atom. The monoisotopic (exact) mass is 463 g/mol. The molecule has 7 nitrogen and oxygen atoms in total. The molecule has 2 aromatic heterocycles. The van der Waals surface area contributed by atoms with Crippen molar-refractivity contribution in [2.75, 3.05) is 0 Å². The summed E-state index contributed by atoms with van der Waals surface area (Å²) < 4.78 is 15.0. The number of nitrogens with zero attached hydrogens (tertiary/aromatic N) is 2. The summed E-state index contributed by atoms with van der Waals surface area (Å²) in [5.74, 6) is -0.961. The zero-order valence-electron chi connectivity index (χ0n) is 17.8. The van der Waals surface area contributed by atoms with E-state index in [2.05, 4.69) is 15.6 Å². The largest absolute Gasteiger partial charge is 0.347 e. The molecule has 0 aliphatic heterocycles. The van der Waals surface area contributed by atoms with Crippen LogP contribution >= 0.6 is 11.9 Å². The lowest BCUT2D eigenvalue weighted by atomic mass is 10.1. The lowest BCUT2D eigenvalue weighted by Gasteiger charge is -2.08. The number of benzene rings is 2. The average molecular weight is 464 g/mol. The number of fused-ring (bicyclic) bond motifs is 1. The molecular weight excluding hydrogens is 441 g/mol. The van der Waals surface area contributed by atoms with Gasteiger partial charge in [0.15, 0.2) is 0 Å². The van der Waals surface area contributed by atoms with E-state index in [9.17, 15) is 14.0 Å². The first-order chi connectivity index (χ1) is 15.9. The van der Waals surface area contributed by atoms with Crippen molar-refractivity contribution in [1.82, 2.24) is 20.0 Å². The van der Waals surface area contributed by atoms with Crippen molar-refractivity contribution in [2.24, 2.45) is 5.14 Å². The standard InChI is InChI=1S/C24H22FN5O2S/c1-15-11-17(7-10-19(15)25)13-27-23(31)20-14-30-21(3-2-4-22(30)29-20)24(32)28-12-16-5-8-18(33-26)9-6-16/h2-11,14H,12-13,26H2,1H3,(H,27,31)(H,28,32). The van der Waals surface area contributed by atoms with Crippen LogP contribution in [0.25, 0.3) is 5.65 Å². The van der Waals surface area contributed by atoms with E-state index in [1.54, 1.807) is 41.7 Å². The molecule has 2 aromatic carbocycles. The van der Waals surface area contributed by atoms with Crippen LogP contribution in [0.2, 0.25) is 0 Å². The number of nitrogens with one attached hydrogen (secondary N) is 2. The maximum Gasteiger partial charge on any atom is 0.271 e. The highest BCUT2D eigenvalue weighted by Crippen LogP contribution is 2.14. The summed E-state index contributed by atoms with van der Waals surface area (Å²) in [6, 6.07) is 17.4. The second kappa shape index (κ2) is 9.85. The zero-order valence-corrected chi connectivity index (χ0v) is 18.7. The second-order valence-corrected chi connectivity index (χ2v) is 8.18. The fourth-order valence-electron chi connectivity index (χ4n) is 3.35. The number of hydrogen-bond donors (Lipinski definition) is 3. The van der Waals surface area contributed by atoms with Gasteiger partial charge in [0.05, 0.1) is 0 Å².